The maximum Gasteiger partial charge on any atom is 0.259 e. The van der Waals surface area contributed by atoms with Gasteiger partial charge in [0.1, 0.15) is 13.9 Å². The number of carbonyl (C=O) groups excluding carboxylic acids is 3. The molecular formula is C16H11BN2O3. The Labute approximate surface area is 127 Å². The monoisotopic (exact) mass is 290 g/mol. The second-order valence-electron chi connectivity index (χ2n) is 5.59. The maximum absolute atomic E-state index is 12.8. The van der Waals surface area contributed by atoms with Gasteiger partial charge in [0.2, 0.25) is 11.8 Å². The minimum absolute atomic E-state index is 0.231. The van der Waals surface area contributed by atoms with Gasteiger partial charge < -0.3 is 0 Å². The number of nitrogens with one attached hydrogen (secondary N) is 1. The summed E-state index contributed by atoms with van der Waals surface area (Å²) in [5.74, 6) is -0.969. The van der Waals surface area contributed by atoms with Crippen molar-refractivity contribution < 1.29 is 14.4 Å². The van der Waals surface area contributed by atoms with E-state index >= 15 is 0 Å². The highest BCUT2D eigenvalue weighted by Gasteiger charge is 2.40. The summed E-state index contributed by atoms with van der Waals surface area (Å²) in [7, 11) is 5.86. The summed E-state index contributed by atoms with van der Waals surface area (Å²) in [4.78, 5) is 37.7. The number of rotatable bonds is 1. The van der Waals surface area contributed by atoms with Crippen molar-refractivity contribution in [1.82, 2.24) is 5.32 Å². The number of imide groups is 1. The molecule has 5 nitrogen and oxygen atoms in total. The van der Waals surface area contributed by atoms with Gasteiger partial charge in [-0.2, -0.15) is 0 Å². The second-order valence-corrected chi connectivity index (χ2v) is 5.59. The van der Waals surface area contributed by atoms with Gasteiger partial charge in [0.15, 0.2) is 0 Å². The Morgan fingerprint density at radius 3 is 2.77 bits per heavy atom. The molecule has 0 aromatic heterocycles. The number of hydrogen-bond acceptors (Lipinski definition) is 3. The molecule has 2 aliphatic heterocycles. The van der Waals surface area contributed by atoms with Gasteiger partial charge >= 0.3 is 0 Å². The van der Waals surface area contributed by atoms with Crippen LogP contribution in [-0.4, -0.2) is 31.6 Å². The number of carbonyl (C=O) groups is 3. The van der Waals surface area contributed by atoms with E-state index in [1.54, 1.807) is 6.07 Å². The van der Waals surface area contributed by atoms with Gasteiger partial charge in [-0.1, -0.05) is 29.7 Å². The van der Waals surface area contributed by atoms with Crippen LogP contribution in [0.15, 0.2) is 30.3 Å². The first-order valence-electron chi connectivity index (χ1n) is 7.06. The van der Waals surface area contributed by atoms with E-state index in [2.05, 4.69) is 5.32 Å². The van der Waals surface area contributed by atoms with Crippen LogP contribution >= 0.6 is 0 Å². The number of amides is 3. The molecule has 1 unspecified atom stereocenters. The van der Waals surface area contributed by atoms with Gasteiger partial charge in [-0.05, 0) is 17.9 Å². The Kier molecular flexibility index (Phi) is 2.63. The number of anilines is 1. The Bertz CT molecular complexity index is 862. The molecule has 0 saturated carbocycles. The quantitative estimate of drug-likeness (QED) is 0.610. The number of piperidine rings is 1. The molecule has 1 N–H and O–H groups in total. The van der Waals surface area contributed by atoms with Crippen molar-refractivity contribution in [3.8, 4) is 0 Å². The number of nitrogens with zero attached hydrogens (tertiary/aromatic N) is 1. The van der Waals surface area contributed by atoms with E-state index in [-0.39, 0.29) is 18.2 Å². The van der Waals surface area contributed by atoms with Crippen molar-refractivity contribution in [3.05, 3.63) is 35.9 Å². The molecule has 106 valence electrons. The molecule has 1 fully saturated rings. The van der Waals surface area contributed by atoms with Crippen molar-refractivity contribution in [2.75, 3.05) is 4.90 Å². The highest BCUT2D eigenvalue weighted by Crippen LogP contribution is 2.38. The van der Waals surface area contributed by atoms with Crippen molar-refractivity contribution in [1.29, 1.82) is 0 Å². The molecule has 3 amide bonds. The first-order chi connectivity index (χ1) is 10.6. The van der Waals surface area contributed by atoms with Crippen LogP contribution in [-0.2, 0) is 9.59 Å². The molecule has 22 heavy (non-hydrogen) atoms. The van der Waals surface area contributed by atoms with Crippen molar-refractivity contribution in [3.63, 3.8) is 0 Å². The third kappa shape index (κ3) is 1.70. The predicted molar refractivity (Wildman–Crippen MR) is 82.3 cm³/mol. The lowest BCUT2D eigenvalue weighted by molar-refractivity contribution is -0.134. The molecule has 6 heteroatoms. The van der Waals surface area contributed by atoms with E-state index in [1.807, 2.05) is 24.3 Å². The Hall–Kier alpha value is -2.63. The van der Waals surface area contributed by atoms with E-state index in [1.165, 1.54) is 4.90 Å². The van der Waals surface area contributed by atoms with Gasteiger partial charge in [-0.15, -0.1) is 0 Å². The zero-order valence-electron chi connectivity index (χ0n) is 11.6. The zero-order valence-corrected chi connectivity index (χ0v) is 11.6. The number of hydrogen-bond donors (Lipinski definition) is 1. The van der Waals surface area contributed by atoms with Crippen LogP contribution in [0.1, 0.15) is 23.2 Å². The first kappa shape index (κ1) is 13.1. The summed E-state index contributed by atoms with van der Waals surface area (Å²) < 4.78 is 0. The molecule has 4 rings (SSSR count). The Morgan fingerprint density at radius 2 is 2.00 bits per heavy atom. The molecular weight excluding hydrogens is 279 g/mol. The molecule has 2 heterocycles. The smallest absolute Gasteiger partial charge is 0.259 e. The lowest BCUT2D eigenvalue weighted by Crippen LogP contribution is -2.53. The summed E-state index contributed by atoms with van der Waals surface area (Å²) in [5.41, 5.74) is 1.72. The topological polar surface area (TPSA) is 66.5 Å². The average Bonchev–Trinajstić information content (AvgIpc) is 2.74. The SMILES string of the molecule is [B]c1cc2c3c(cccc3c1)N(C1CCC(=O)NC1=O)C2=O. The zero-order chi connectivity index (χ0) is 15.4. The van der Waals surface area contributed by atoms with Crippen LogP contribution in [0.2, 0.25) is 0 Å². The van der Waals surface area contributed by atoms with Crippen LogP contribution in [0.4, 0.5) is 5.69 Å². The molecule has 2 aromatic carbocycles. The summed E-state index contributed by atoms with van der Waals surface area (Å²) >= 11 is 0. The van der Waals surface area contributed by atoms with Gasteiger partial charge in [-0.25, -0.2) is 0 Å². The van der Waals surface area contributed by atoms with Crippen molar-refractivity contribution >= 4 is 47.5 Å². The summed E-state index contributed by atoms with van der Waals surface area (Å²) in [6.07, 6.45) is 0.560. The normalized spacial score (nSPS) is 20.6. The minimum Gasteiger partial charge on any atom is -0.295 e. The lowest BCUT2D eigenvalue weighted by atomic mass is 9.91. The van der Waals surface area contributed by atoms with Crippen LogP contribution in [0.5, 0.6) is 0 Å². The number of benzene rings is 2. The molecule has 2 radical (unpaired) electrons. The fourth-order valence-electron chi connectivity index (χ4n) is 3.28. The molecule has 1 atom stereocenters. The van der Waals surface area contributed by atoms with E-state index < -0.39 is 11.9 Å². The van der Waals surface area contributed by atoms with Crippen molar-refractivity contribution in [2.45, 2.75) is 18.9 Å². The Balaban J connectivity index is 1.88. The largest absolute Gasteiger partial charge is 0.295 e. The van der Waals surface area contributed by atoms with Gasteiger partial charge in [0.05, 0.1) is 5.69 Å². The third-order valence-electron chi connectivity index (χ3n) is 4.21. The first-order valence-corrected chi connectivity index (χ1v) is 7.06. The van der Waals surface area contributed by atoms with E-state index in [0.29, 0.717) is 23.1 Å². The lowest BCUT2D eigenvalue weighted by Gasteiger charge is -2.30. The van der Waals surface area contributed by atoms with Crippen LogP contribution < -0.4 is 15.7 Å². The van der Waals surface area contributed by atoms with Gasteiger partial charge in [0.25, 0.3) is 5.91 Å². The molecule has 0 bridgehead atoms. The molecule has 1 saturated heterocycles. The second kappa shape index (κ2) is 4.43. The molecule has 0 aliphatic carbocycles. The maximum atomic E-state index is 12.8. The van der Waals surface area contributed by atoms with Gasteiger partial charge in [0, 0.05) is 17.4 Å². The van der Waals surface area contributed by atoms with Gasteiger partial charge in [-0.3, -0.25) is 24.6 Å². The van der Waals surface area contributed by atoms with Crippen LogP contribution in [0, 0.1) is 0 Å². The highest BCUT2D eigenvalue weighted by molar-refractivity contribution is 6.36. The van der Waals surface area contributed by atoms with E-state index in [9.17, 15) is 14.4 Å². The minimum atomic E-state index is -0.663. The fraction of sp³-hybridized carbons (Fsp3) is 0.188. The third-order valence-corrected chi connectivity index (χ3v) is 4.21. The summed E-state index contributed by atoms with van der Waals surface area (Å²) in [6, 6.07) is 8.32. The predicted octanol–water partition coefficient (Wildman–Crippen LogP) is 0.399. The standard InChI is InChI=1S/C16H11BN2O3/c17-9-6-8-2-1-3-11-14(8)10(7-9)16(22)19(11)12-4-5-13(20)18-15(12)21/h1-3,6-7,12H,4-5H2,(H,18,20,21). The van der Waals surface area contributed by atoms with E-state index in [0.717, 1.165) is 10.8 Å². The fourth-order valence-corrected chi connectivity index (χ4v) is 3.28. The molecule has 2 aromatic rings. The van der Waals surface area contributed by atoms with Crippen LogP contribution in [0.25, 0.3) is 10.8 Å². The summed E-state index contributed by atoms with van der Waals surface area (Å²) in [6.45, 7) is 0. The average molecular weight is 290 g/mol. The molecule has 0 spiro atoms. The van der Waals surface area contributed by atoms with Crippen LogP contribution in [0.3, 0.4) is 0 Å². The molecule has 2 aliphatic rings. The highest BCUT2D eigenvalue weighted by atomic mass is 16.2. The van der Waals surface area contributed by atoms with E-state index in [4.69, 9.17) is 7.85 Å². The summed E-state index contributed by atoms with van der Waals surface area (Å²) in [5, 5.41) is 3.98. The Morgan fingerprint density at radius 1 is 1.18 bits per heavy atom. The van der Waals surface area contributed by atoms with Crippen molar-refractivity contribution in [2.24, 2.45) is 0 Å².